The van der Waals surface area contributed by atoms with Crippen molar-refractivity contribution < 1.29 is 0 Å². The average molecular weight is 224 g/mol. The SMILES string of the molecule is C/C=C1/CN(C(C)C)CCC1=NCC.CC. The molecule has 1 saturated heterocycles. The lowest BCUT2D eigenvalue weighted by molar-refractivity contribution is 0.242. The van der Waals surface area contributed by atoms with Gasteiger partial charge >= 0.3 is 0 Å². The molecule has 1 fully saturated rings. The Morgan fingerprint density at radius 3 is 2.44 bits per heavy atom. The van der Waals surface area contributed by atoms with Crippen LogP contribution in [0.4, 0.5) is 0 Å². The standard InChI is InChI=1S/C12H22N2.C2H6/c1-5-11-9-14(10(3)4)8-7-12(11)13-6-2;1-2/h5,10H,6-9H2,1-4H3;1-2H3/b11-5-,13-12?;. The molecule has 0 spiro atoms. The van der Waals surface area contributed by atoms with E-state index in [1.54, 1.807) is 0 Å². The van der Waals surface area contributed by atoms with Crippen molar-refractivity contribution in [1.82, 2.24) is 4.90 Å². The lowest BCUT2D eigenvalue weighted by Gasteiger charge is -2.32. The van der Waals surface area contributed by atoms with Crippen LogP contribution in [-0.4, -0.2) is 36.3 Å². The largest absolute Gasteiger partial charge is 0.296 e. The lowest BCUT2D eigenvalue weighted by Crippen LogP contribution is -2.40. The topological polar surface area (TPSA) is 15.6 Å². The Kier molecular flexibility index (Phi) is 8.18. The first kappa shape index (κ1) is 15.4. The molecular formula is C14H28N2. The summed E-state index contributed by atoms with van der Waals surface area (Å²) in [5.74, 6) is 0. The van der Waals surface area contributed by atoms with E-state index in [1.165, 1.54) is 11.3 Å². The van der Waals surface area contributed by atoms with Crippen molar-refractivity contribution in [3.63, 3.8) is 0 Å². The second-order valence-electron chi connectivity index (χ2n) is 4.05. The van der Waals surface area contributed by atoms with Crippen molar-refractivity contribution in [3.05, 3.63) is 11.6 Å². The Morgan fingerprint density at radius 2 is 2.00 bits per heavy atom. The highest BCUT2D eigenvalue weighted by Gasteiger charge is 2.20. The Morgan fingerprint density at radius 1 is 1.38 bits per heavy atom. The molecule has 0 unspecified atom stereocenters. The number of likely N-dealkylation sites (tertiary alicyclic amines) is 1. The Bertz CT molecular complexity index is 239. The minimum absolute atomic E-state index is 0.646. The molecule has 16 heavy (non-hydrogen) atoms. The maximum absolute atomic E-state index is 4.55. The molecule has 2 heteroatoms. The van der Waals surface area contributed by atoms with Crippen LogP contribution in [0.5, 0.6) is 0 Å². The minimum Gasteiger partial charge on any atom is -0.296 e. The fourth-order valence-electron chi connectivity index (χ4n) is 1.87. The van der Waals surface area contributed by atoms with Gasteiger partial charge in [0, 0.05) is 37.8 Å². The van der Waals surface area contributed by atoms with Crippen molar-refractivity contribution in [1.29, 1.82) is 0 Å². The van der Waals surface area contributed by atoms with Crippen molar-refractivity contribution in [2.75, 3.05) is 19.6 Å². The number of nitrogens with zero attached hydrogens (tertiary/aromatic N) is 2. The van der Waals surface area contributed by atoms with Gasteiger partial charge in [0.1, 0.15) is 0 Å². The van der Waals surface area contributed by atoms with E-state index in [0.29, 0.717) is 6.04 Å². The van der Waals surface area contributed by atoms with Gasteiger partial charge in [-0.2, -0.15) is 0 Å². The molecule has 0 aromatic heterocycles. The third-order valence-corrected chi connectivity index (χ3v) is 2.81. The summed E-state index contributed by atoms with van der Waals surface area (Å²) >= 11 is 0. The number of hydrogen-bond acceptors (Lipinski definition) is 2. The van der Waals surface area contributed by atoms with Crippen LogP contribution in [0.25, 0.3) is 0 Å². The van der Waals surface area contributed by atoms with Crippen LogP contribution in [0.2, 0.25) is 0 Å². The van der Waals surface area contributed by atoms with E-state index in [4.69, 9.17) is 0 Å². The van der Waals surface area contributed by atoms with E-state index in [0.717, 1.165) is 26.1 Å². The number of allylic oxidation sites excluding steroid dienone is 1. The van der Waals surface area contributed by atoms with Gasteiger partial charge in [0.25, 0.3) is 0 Å². The molecular weight excluding hydrogens is 196 g/mol. The summed E-state index contributed by atoms with van der Waals surface area (Å²) in [5.41, 5.74) is 2.75. The molecule has 0 aliphatic carbocycles. The van der Waals surface area contributed by atoms with Gasteiger partial charge in [-0.3, -0.25) is 9.89 Å². The highest BCUT2D eigenvalue weighted by molar-refractivity contribution is 6.01. The zero-order valence-corrected chi connectivity index (χ0v) is 11.9. The van der Waals surface area contributed by atoms with E-state index in [9.17, 15) is 0 Å². The highest BCUT2D eigenvalue weighted by atomic mass is 15.2. The lowest BCUT2D eigenvalue weighted by atomic mass is 10.0. The molecule has 0 radical (unpaired) electrons. The molecule has 1 rings (SSSR count). The zero-order chi connectivity index (χ0) is 12.6. The van der Waals surface area contributed by atoms with Crippen molar-refractivity contribution in [3.8, 4) is 0 Å². The Balaban J connectivity index is 0.00000106. The van der Waals surface area contributed by atoms with Crippen LogP contribution >= 0.6 is 0 Å². The summed E-state index contributed by atoms with van der Waals surface area (Å²) in [6.45, 7) is 15.9. The monoisotopic (exact) mass is 224 g/mol. The molecule has 94 valence electrons. The van der Waals surface area contributed by atoms with Gasteiger partial charge in [0.15, 0.2) is 0 Å². The predicted octanol–water partition coefficient (Wildman–Crippen LogP) is 3.53. The zero-order valence-electron chi connectivity index (χ0n) is 11.9. The first-order chi connectivity index (χ1) is 7.69. The first-order valence-electron chi connectivity index (χ1n) is 6.62. The van der Waals surface area contributed by atoms with Gasteiger partial charge in [-0.25, -0.2) is 0 Å². The Hall–Kier alpha value is -0.630. The molecule has 0 amide bonds. The van der Waals surface area contributed by atoms with E-state index in [-0.39, 0.29) is 0 Å². The maximum Gasteiger partial charge on any atom is 0.0402 e. The summed E-state index contributed by atoms with van der Waals surface area (Å²) in [7, 11) is 0. The quantitative estimate of drug-likeness (QED) is 0.700. The number of hydrogen-bond donors (Lipinski definition) is 0. The van der Waals surface area contributed by atoms with Gasteiger partial charge in [0.2, 0.25) is 0 Å². The fraction of sp³-hybridized carbons (Fsp3) is 0.786. The second-order valence-corrected chi connectivity index (χ2v) is 4.05. The minimum atomic E-state index is 0.646. The van der Waals surface area contributed by atoms with E-state index in [2.05, 4.69) is 43.7 Å². The molecule has 0 atom stereocenters. The van der Waals surface area contributed by atoms with Crippen LogP contribution in [0, 0.1) is 0 Å². The second kappa shape index (κ2) is 8.51. The van der Waals surface area contributed by atoms with Crippen LogP contribution in [0.15, 0.2) is 16.6 Å². The molecule has 2 nitrogen and oxygen atoms in total. The maximum atomic E-state index is 4.55. The molecule has 0 aromatic carbocycles. The number of piperidine rings is 1. The van der Waals surface area contributed by atoms with Gasteiger partial charge in [-0.15, -0.1) is 0 Å². The summed E-state index contributed by atoms with van der Waals surface area (Å²) in [6.07, 6.45) is 3.33. The average Bonchev–Trinajstić information content (AvgIpc) is 2.32. The van der Waals surface area contributed by atoms with Crippen LogP contribution < -0.4 is 0 Å². The first-order valence-corrected chi connectivity index (χ1v) is 6.62. The number of rotatable bonds is 2. The molecule has 1 heterocycles. The normalized spacial score (nSPS) is 22.4. The van der Waals surface area contributed by atoms with Crippen LogP contribution in [-0.2, 0) is 0 Å². The van der Waals surface area contributed by atoms with Crippen molar-refractivity contribution >= 4 is 5.71 Å². The molecule has 0 N–H and O–H groups in total. The van der Waals surface area contributed by atoms with E-state index in [1.807, 2.05) is 13.8 Å². The molecule has 1 aliphatic heterocycles. The summed E-state index contributed by atoms with van der Waals surface area (Å²) < 4.78 is 0. The van der Waals surface area contributed by atoms with Gasteiger partial charge in [-0.1, -0.05) is 19.9 Å². The number of aliphatic imine (C=N–C) groups is 1. The molecule has 0 saturated carbocycles. The smallest absolute Gasteiger partial charge is 0.0402 e. The molecule has 0 bridgehead atoms. The van der Waals surface area contributed by atoms with E-state index < -0.39 is 0 Å². The molecule has 0 aromatic rings. The summed E-state index contributed by atoms with van der Waals surface area (Å²) in [5, 5.41) is 0. The Labute approximate surface area is 101 Å². The molecule has 1 aliphatic rings. The van der Waals surface area contributed by atoms with Crippen LogP contribution in [0.3, 0.4) is 0 Å². The van der Waals surface area contributed by atoms with Crippen LogP contribution in [0.1, 0.15) is 48.0 Å². The van der Waals surface area contributed by atoms with E-state index >= 15 is 0 Å². The van der Waals surface area contributed by atoms with Gasteiger partial charge in [-0.05, 0) is 33.3 Å². The predicted molar refractivity (Wildman–Crippen MR) is 74.4 cm³/mol. The third kappa shape index (κ3) is 4.48. The highest BCUT2D eigenvalue weighted by Crippen LogP contribution is 2.15. The summed E-state index contributed by atoms with van der Waals surface area (Å²) in [6, 6.07) is 0.646. The third-order valence-electron chi connectivity index (χ3n) is 2.81. The fourth-order valence-corrected chi connectivity index (χ4v) is 1.87. The van der Waals surface area contributed by atoms with Gasteiger partial charge < -0.3 is 0 Å². The van der Waals surface area contributed by atoms with Crippen molar-refractivity contribution in [2.24, 2.45) is 4.99 Å². The van der Waals surface area contributed by atoms with Crippen molar-refractivity contribution in [2.45, 2.75) is 54.0 Å². The summed E-state index contributed by atoms with van der Waals surface area (Å²) in [4.78, 5) is 7.06. The van der Waals surface area contributed by atoms with Gasteiger partial charge in [0.05, 0.1) is 0 Å².